The summed E-state index contributed by atoms with van der Waals surface area (Å²) < 4.78 is 0. The number of hydrogen-bond donors (Lipinski definition) is 4. The molecule has 0 atom stereocenters. The molecular formula is C23H15N3O4. The van der Waals surface area contributed by atoms with Gasteiger partial charge in [0.05, 0.1) is 11.1 Å². The molecule has 1 heterocycles. The number of Topliss-reactive ketones (excluding diaryl/α,β-unsaturated/α-hetero) is 2. The van der Waals surface area contributed by atoms with Crippen LogP contribution in [0, 0.1) is 5.41 Å². The summed E-state index contributed by atoms with van der Waals surface area (Å²) in [6, 6.07) is 16.0. The topological polar surface area (TPSA) is 123 Å². The Kier molecular flexibility index (Phi) is 3.79. The van der Waals surface area contributed by atoms with Crippen LogP contribution in [0.2, 0.25) is 0 Å². The van der Waals surface area contributed by atoms with Crippen LogP contribution >= 0.6 is 0 Å². The predicted octanol–water partition coefficient (Wildman–Crippen LogP) is 1.52. The second kappa shape index (κ2) is 6.38. The van der Waals surface area contributed by atoms with E-state index in [9.17, 15) is 19.5 Å². The summed E-state index contributed by atoms with van der Waals surface area (Å²) in [7, 11) is 0. The highest BCUT2D eigenvalue weighted by Crippen LogP contribution is 2.29. The van der Waals surface area contributed by atoms with Gasteiger partial charge in [-0.15, -0.1) is 0 Å². The van der Waals surface area contributed by atoms with E-state index in [2.05, 4.69) is 10.3 Å². The Morgan fingerprint density at radius 3 is 2.47 bits per heavy atom. The normalized spacial score (nSPS) is 13.9. The Labute approximate surface area is 169 Å². The maximum atomic E-state index is 12.9. The third-order valence-electron chi connectivity index (χ3n) is 5.37. The van der Waals surface area contributed by atoms with Crippen molar-refractivity contribution in [3.05, 3.63) is 81.3 Å². The smallest absolute Gasteiger partial charge is 0.259 e. The van der Waals surface area contributed by atoms with E-state index in [1.165, 1.54) is 0 Å². The Bertz CT molecular complexity index is 1520. The zero-order chi connectivity index (χ0) is 21.0. The molecular weight excluding hydrogens is 382 g/mol. The molecule has 30 heavy (non-hydrogen) atoms. The Hall–Kier alpha value is -4.26. The van der Waals surface area contributed by atoms with Crippen LogP contribution < -0.4 is 16.1 Å². The van der Waals surface area contributed by atoms with Gasteiger partial charge >= 0.3 is 0 Å². The van der Waals surface area contributed by atoms with Crippen molar-refractivity contribution in [2.24, 2.45) is 0 Å². The van der Waals surface area contributed by atoms with Crippen molar-refractivity contribution in [3.8, 4) is 5.88 Å². The number of ketones is 2. The lowest BCUT2D eigenvalue weighted by molar-refractivity contribution is -0.129. The van der Waals surface area contributed by atoms with Crippen molar-refractivity contribution in [3.63, 3.8) is 0 Å². The molecule has 0 radical (unpaired) electrons. The van der Waals surface area contributed by atoms with Gasteiger partial charge in [0.25, 0.3) is 17.1 Å². The molecule has 0 saturated heterocycles. The van der Waals surface area contributed by atoms with Gasteiger partial charge in [0.2, 0.25) is 0 Å². The zero-order valence-corrected chi connectivity index (χ0v) is 15.6. The average Bonchev–Trinajstić information content (AvgIpc) is 2.76. The lowest BCUT2D eigenvalue weighted by atomic mass is 9.87. The van der Waals surface area contributed by atoms with E-state index in [0.717, 1.165) is 5.56 Å². The van der Waals surface area contributed by atoms with E-state index in [1.807, 2.05) is 30.3 Å². The van der Waals surface area contributed by atoms with E-state index in [-0.39, 0.29) is 34.3 Å². The van der Waals surface area contributed by atoms with E-state index >= 15 is 0 Å². The molecule has 0 saturated carbocycles. The lowest BCUT2D eigenvalue weighted by Gasteiger charge is -2.19. The first-order valence-corrected chi connectivity index (χ1v) is 9.28. The van der Waals surface area contributed by atoms with Gasteiger partial charge in [-0.05, 0) is 23.1 Å². The molecule has 0 bridgehead atoms. The summed E-state index contributed by atoms with van der Waals surface area (Å²) in [5.74, 6) is -2.06. The first-order chi connectivity index (χ1) is 14.5. The van der Waals surface area contributed by atoms with E-state index in [0.29, 0.717) is 16.2 Å². The molecule has 1 aliphatic rings. The molecule has 0 fully saturated rings. The molecule has 146 valence electrons. The number of rotatable bonds is 3. The second-order valence-electron chi connectivity index (χ2n) is 7.13. The van der Waals surface area contributed by atoms with Crippen LogP contribution in [0.1, 0.15) is 11.1 Å². The first kappa shape index (κ1) is 17.8. The monoisotopic (exact) mass is 397 g/mol. The van der Waals surface area contributed by atoms with Crippen molar-refractivity contribution in [2.75, 3.05) is 0 Å². The van der Waals surface area contributed by atoms with Crippen molar-refractivity contribution in [2.45, 2.75) is 6.54 Å². The third-order valence-corrected chi connectivity index (χ3v) is 5.37. The van der Waals surface area contributed by atoms with Crippen LogP contribution in [0.4, 0.5) is 0 Å². The van der Waals surface area contributed by atoms with Crippen LogP contribution in [0.5, 0.6) is 5.88 Å². The molecule has 5 rings (SSSR count). The van der Waals surface area contributed by atoms with Gasteiger partial charge in [-0.3, -0.25) is 24.8 Å². The molecule has 4 aromatic rings. The average molecular weight is 397 g/mol. The van der Waals surface area contributed by atoms with E-state index < -0.39 is 22.8 Å². The number of pyridine rings is 1. The molecule has 0 spiro atoms. The van der Waals surface area contributed by atoms with E-state index in [4.69, 9.17) is 5.41 Å². The first-order valence-electron chi connectivity index (χ1n) is 9.28. The Morgan fingerprint density at radius 2 is 1.70 bits per heavy atom. The minimum atomic E-state index is -0.925. The summed E-state index contributed by atoms with van der Waals surface area (Å²) in [6.45, 7) is 0.264. The maximum absolute atomic E-state index is 12.9. The quantitative estimate of drug-likeness (QED) is 0.391. The molecule has 0 amide bonds. The Balaban J connectivity index is 1.91. The van der Waals surface area contributed by atoms with Gasteiger partial charge < -0.3 is 10.4 Å². The molecule has 4 N–H and O–H groups in total. The zero-order valence-electron chi connectivity index (χ0n) is 15.6. The third kappa shape index (κ3) is 2.45. The van der Waals surface area contributed by atoms with Crippen LogP contribution in [0.25, 0.3) is 27.2 Å². The number of carbonyl (C=O) groups is 2. The fourth-order valence-electron chi connectivity index (χ4n) is 3.99. The van der Waals surface area contributed by atoms with Crippen LogP contribution in [0.3, 0.4) is 0 Å². The minimum Gasteiger partial charge on any atom is -0.494 e. The summed E-state index contributed by atoms with van der Waals surface area (Å²) in [5, 5.41) is 23.3. The number of H-pyrrole nitrogens is 1. The van der Waals surface area contributed by atoms with Crippen molar-refractivity contribution < 1.29 is 14.7 Å². The number of aromatic hydroxyl groups is 1. The second-order valence-corrected chi connectivity index (χ2v) is 7.13. The van der Waals surface area contributed by atoms with Crippen molar-refractivity contribution in [1.82, 2.24) is 10.3 Å². The van der Waals surface area contributed by atoms with Gasteiger partial charge in [-0.1, -0.05) is 42.5 Å². The van der Waals surface area contributed by atoms with Crippen molar-refractivity contribution >= 4 is 44.5 Å². The highest BCUT2D eigenvalue weighted by atomic mass is 16.3. The number of aromatic amines is 1. The van der Waals surface area contributed by atoms with Crippen LogP contribution in [-0.2, 0) is 16.1 Å². The number of carbonyl (C=O) groups excluding carboxylic acids is 2. The molecule has 3 aromatic carbocycles. The van der Waals surface area contributed by atoms with Crippen LogP contribution in [0.15, 0.2) is 59.4 Å². The number of hydrogen-bond acceptors (Lipinski definition) is 6. The molecule has 0 aliphatic heterocycles. The van der Waals surface area contributed by atoms with Crippen molar-refractivity contribution in [1.29, 1.82) is 5.41 Å². The lowest BCUT2D eigenvalue weighted by Crippen LogP contribution is -2.43. The molecule has 1 aromatic heterocycles. The molecule has 7 heteroatoms. The Morgan fingerprint density at radius 1 is 0.933 bits per heavy atom. The van der Waals surface area contributed by atoms with Crippen LogP contribution in [-0.4, -0.2) is 27.4 Å². The maximum Gasteiger partial charge on any atom is 0.259 e. The fourth-order valence-corrected chi connectivity index (χ4v) is 3.99. The standard InChI is InChI=1S/C23H15N3O4/c24-18-14-9-12-7-4-8-13-15(12)17(23(30)26-22(13)29)16(14)19(21(28)20(18)27)25-10-11-5-2-1-3-6-11/h1-9,24-25H,10H2,(H2,26,29,30). The number of nitrogens with one attached hydrogen (secondary N) is 3. The van der Waals surface area contributed by atoms with Gasteiger partial charge in [0.1, 0.15) is 5.71 Å². The number of fused-ring (bicyclic) bond motifs is 2. The number of benzene rings is 3. The minimum absolute atomic E-state index is 0.0157. The summed E-state index contributed by atoms with van der Waals surface area (Å²) in [4.78, 5) is 40.6. The summed E-state index contributed by atoms with van der Waals surface area (Å²) in [5.41, 5.74) is 0.0415. The predicted molar refractivity (Wildman–Crippen MR) is 112 cm³/mol. The molecule has 1 aliphatic carbocycles. The van der Waals surface area contributed by atoms with Gasteiger partial charge in [0, 0.05) is 28.1 Å². The SMILES string of the molecule is N=C1C(=O)C(=O)C(NCc2ccccc2)=c2c1cc1cccc3c(O)[nH]c(=O)c2c13. The summed E-state index contributed by atoms with van der Waals surface area (Å²) in [6.07, 6.45) is 0. The van der Waals surface area contributed by atoms with E-state index in [1.54, 1.807) is 24.3 Å². The van der Waals surface area contributed by atoms with Gasteiger partial charge in [-0.2, -0.15) is 0 Å². The van der Waals surface area contributed by atoms with Gasteiger partial charge in [-0.25, -0.2) is 0 Å². The molecule has 7 nitrogen and oxygen atoms in total. The highest BCUT2D eigenvalue weighted by Gasteiger charge is 2.33. The largest absolute Gasteiger partial charge is 0.494 e. The van der Waals surface area contributed by atoms with Gasteiger partial charge in [0.15, 0.2) is 5.88 Å². The molecule has 0 unspecified atom stereocenters. The highest BCUT2D eigenvalue weighted by molar-refractivity contribution is 6.75. The fraction of sp³-hybridized carbons (Fsp3) is 0.0435. The number of aromatic nitrogens is 1. The summed E-state index contributed by atoms with van der Waals surface area (Å²) >= 11 is 0.